The summed E-state index contributed by atoms with van der Waals surface area (Å²) in [6, 6.07) is 12.8. The Balaban J connectivity index is 1.92. The summed E-state index contributed by atoms with van der Waals surface area (Å²) in [5, 5.41) is 3.48. The number of carbonyl (C=O) groups is 1. The van der Waals surface area contributed by atoms with Crippen LogP contribution in [0.2, 0.25) is 0 Å². The van der Waals surface area contributed by atoms with Crippen molar-refractivity contribution >= 4 is 27.3 Å². The van der Waals surface area contributed by atoms with Crippen LogP contribution in [0.5, 0.6) is 0 Å². The van der Waals surface area contributed by atoms with Crippen LogP contribution in [-0.4, -0.2) is 13.0 Å². The molecule has 0 fully saturated rings. The van der Waals surface area contributed by atoms with Crippen molar-refractivity contribution in [2.75, 3.05) is 7.11 Å². The number of hydrogen-bond donors (Lipinski definition) is 1. The lowest BCUT2D eigenvalue weighted by Crippen LogP contribution is -2.26. The molecule has 1 aromatic heterocycles. The first kappa shape index (κ1) is 17.6. The van der Waals surface area contributed by atoms with E-state index in [1.54, 1.807) is 13.2 Å². The maximum Gasteiger partial charge on any atom is 0.262 e. The summed E-state index contributed by atoms with van der Waals surface area (Å²) in [6.07, 6.45) is 0. The quantitative estimate of drug-likeness (QED) is 0.699. The molecule has 0 aliphatic rings. The molecule has 0 radical (unpaired) electrons. The second kappa shape index (κ2) is 7.33. The summed E-state index contributed by atoms with van der Waals surface area (Å²) in [6.45, 7) is 4.16. The minimum absolute atomic E-state index is 0.140. The van der Waals surface area contributed by atoms with Gasteiger partial charge in [-0.15, -0.1) is 11.3 Å². The predicted molar refractivity (Wildman–Crippen MR) is 99.6 cm³/mol. The lowest BCUT2D eigenvalue weighted by Gasteiger charge is -2.14. The third kappa shape index (κ3) is 3.57. The fourth-order valence-corrected chi connectivity index (χ4v) is 3.96. The first-order valence-corrected chi connectivity index (χ1v) is 8.89. The Morgan fingerprint density at radius 3 is 2.64 bits per heavy atom. The minimum atomic E-state index is -0.327. The van der Waals surface area contributed by atoms with Crippen LogP contribution < -0.4 is 5.32 Å². The summed E-state index contributed by atoms with van der Waals surface area (Å²) in [5.74, 6) is -0.535. The number of rotatable bonds is 5. The average molecular weight is 357 g/mol. The number of thiophene rings is 1. The Morgan fingerprint density at radius 2 is 1.96 bits per heavy atom. The molecular weight excluding hydrogens is 337 g/mol. The van der Waals surface area contributed by atoms with Crippen LogP contribution in [0.1, 0.15) is 39.3 Å². The number of hydrogen-bond acceptors (Lipinski definition) is 3. The van der Waals surface area contributed by atoms with Gasteiger partial charge in [0.05, 0.1) is 17.5 Å². The van der Waals surface area contributed by atoms with Gasteiger partial charge in [0, 0.05) is 22.8 Å². The number of fused-ring (bicyclic) bond motifs is 1. The van der Waals surface area contributed by atoms with Gasteiger partial charge in [0.25, 0.3) is 5.91 Å². The highest BCUT2D eigenvalue weighted by Crippen LogP contribution is 2.34. The largest absolute Gasteiger partial charge is 0.380 e. The smallest absolute Gasteiger partial charge is 0.262 e. The van der Waals surface area contributed by atoms with E-state index in [4.69, 9.17) is 4.74 Å². The van der Waals surface area contributed by atoms with E-state index in [9.17, 15) is 9.18 Å². The molecule has 3 aromatic rings. The summed E-state index contributed by atoms with van der Waals surface area (Å²) < 4.78 is 20.2. The summed E-state index contributed by atoms with van der Waals surface area (Å²) in [5.41, 5.74) is 2.80. The molecule has 5 heteroatoms. The van der Waals surface area contributed by atoms with Gasteiger partial charge in [-0.1, -0.05) is 35.9 Å². The van der Waals surface area contributed by atoms with Gasteiger partial charge in [0.15, 0.2) is 0 Å². The molecule has 0 spiro atoms. The predicted octanol–water partition coefficient (Wildman–Crippen LogP) is 4.99. The highest BCUT2D eigenvalue weighted by atomic mass is 32.1. The number of methoxy groups -OCH3 is 1. The molecule has 0 aliphatic heterocycles. The van der Waals surface area contributed by atoms with Crippen molar-refractivity contribution in [2.24, 2.45) is 0 Å². The summed E-state index contributed by atoms with van der Waals surface area (Å²) >= 11 is 1.29. The lowest BCUT2D eigenvalue weighted by molar-refractivity contribution is 0.0940. The molecule has 0 saturated carbocycles. The second-order valence-electron chi connectivity index (χ2n) is 6.06. The Hall–Kier alpha value is -2.24. The fourth-order valence-electron chi connectivity index (χ4n) is 2.83. The van der Waals surface area contributed by atoms with Crippen LogP contribution in [0.3, 0.4) is 0 Å². The summed E-state index contributed by atoms with van der Waals surface area (Å²) in [7, 11) is 1.54. The van der Waals surface area contributed by atoms with Crippen LogP contribution in [0, 0.1) is 12.7 Å². The zero-order valence-corrected chi connectivity index (χ0v) is 15.2. The molecule has 3 rings (SSSR count). The third-order valence-corrected chi connectivity index (χ3v) is 5.38. The van der Waals surface area contributed by atoms with Gasteiger partial charge in [-0.2, -0.15) is 0 Å². The maximum absolute atomic E-state index is 14.2. The van der Waals surface area contributed by atoms with Crippen molar-refractivity contribution < 1.29 is 13.9 Å². The van der Waals surface area contributed by atoms with Crippen molar-refractivity contribution in [3.63, 3.8) is 0 Å². The normalized spacial score (nSPS) is 12.3. The van der Waals surface area contributed by atoms with Crippen molar-refractivity contribution in [1.82, 2.24) is 5.32 Å². The van der Waals surface area contributed by atoms with Crippen LogP contribution in [0.4, 0.5) is 4.39 Å². The molecule has 1 unspecified atom stereocenters. The monoisotopic (exact) mass is 357 g/mol. The van der Waals surface area contributed by atoms with E-state index in [0.717, 1.165) is 10.3 Å². The van der Waals surface area contributed by atoms with Crippen LogP contribution in [0.15, 0.2) is 42.5 Å². The maximum atomic E-state index is 14.2. The SMILES string of the molecule is COCc1c(C(=O)NC(C)c2ccc(C)cc2)sc2cccc(F)c12. The van der Waals surface area contributed by atoms with Crippen molar-refractivity contribution in [2.45, 2.75) is 26.5 Å². The van der Waals surface area contributed by atoms with E-state index in [1.807, 2.05) is 44.2 Å². The van der Waals surface area contributed by atoms with Crippen molar-refractivity contribution in [1.29, 1.82) is 0 Å². The number of amides is 1. The van der Waals surface area contributed by atoms with E-state index in [2.05, 4.69) is 5.32 Å². The van der Waals surface area contributed by atoms with Gasteiger partial charge < -0.3 is 10.1 Å². The molecule has 2 aromatic carbocycles. The van der Waals surface area contributed by atoms with Gasteiger partial charge in [-0.3, -0.25) is 4.79 Å². The summed E-state index contributed by atoms with van der Waals surface area (Å²) in [4.78, 5) is 13.3. The Morgan fingerprint density at radius 1 is 1.24 bits per heavy atom. The molecule has 0 saturated heterocycles. The molecule has 1 heterocycles. The van der Waals surface area contributed by atoms with Crippen molar-refractivity contribution in [3.8, 4) is 0 Å². The fraction of sp³-hybridized carbons (Fsp3) is 0.250. The minimum Gasteiger partial charge on any atom is -0.380 e. The number of ether oxygens (including phenoxy) is 1. The number of nitrogens with one attached hydrogen (secondary N) is 1. The van der Waals surface area contributed by atoms with E-state index < -0.39 is 0 Å². The van der Waals surface area contributed by atoms with Crippen LogP contribution >= 0.6 is 11.3 Å². The van der Waals surface area contributed by atoms with E-state index in [1.165, 1.54) is 23.0 Å². The highest BCUT2D eigenvalue weighted by Gasteiger charge is 2.22. The van der Waals surface area contributed by atoms with Gasteiger partial charge >= 0.3 is 0 Å². The van der Waals surface area contributed by atoms with E-state index >= 15 is 0 Å². The van der Waals surface area contributed by atoms with Gasteiger partial charge in [-0.25, -0.2) is 4.39 Å². The first-order valence-electron chi connectivity index (χ1n) is 8.07. The average Bonchev–Trinajstić information content (AvgIpc) is 2.96. The van der Waals surface area contributed by atoms with E-state index in [0.29, 0.717) is 15.8 Å². The third-order valence-electron chi connectivity index (χ3n) is 4.18. The van der Waals surface area contributed by atoms with Crippen LogP contribution in [0.25, 0.3) is 10.1 Å². The number of aryl methyl sites for hydroxylation is 1. The zero-order chi connectivity index (χ0) is 18.0. The topological polar surface area (TPSA) is 38.3 Å². The second-order valence-corrected chi connectivity index (χ2v) is 7.11. The Kier molecular flexibility index (Phi) is 5.16. The molecule has 130 valence electrons. The van der Waals surface area contributed by atoms with E-state index in [-0.39, 0.29) is 24.4 Å². The van der Waals surface area contributed by atoms with Gasteiger partial charge in [0.1, 0.15) is 5.82 Å². The van der Waals surface area contributed by atoms with Gasteiger partial charge in [0.2, 0.25) is 0 Å². The Labute approximate surface area is 150 Å². The number of halogens is 1. The molecular formula is C20H20FNO2S. The Bertz CT molecular complexity index is 902. The number of benzene rings is 2. The molecule has 1 amide bonds. The lowest BCUT2D eigenvalue weighted by atomic mass is 10.1. The molecule has 0 bridgehead atoms. The molecule has 25 heavy (non-hydrogen) atoms. The molecule has 1 N–H and O–H groups in total. The number of carbonyl (C=O) groups excluding carboxylic acids is 1. The standard InChI is InChI=1S/C20H20FNO2S/c1-12-7-9-14(10-8-12)13(2)22-20(23)19-15(11-24-3)18-16(21)5-4-6-17(18)25-19/h4-10,13H,11H2,1-3H3,(H,22,23). The molecule has 3 nitrogen and oxygen atoms in total. The molecule has 0 aliphatic carbocycles. The molecule has 1 atom stereocenters. The van der Waals surface area contributed by atoms with Crippen molar-refractivity contribution in [3.05, 3.63) is 69.8 Å². The van der Waals surface area contributed by atoms with Gasteiger partial charge in [-0.05, 0) is 31.5 Å². The zero-order valence-electron chi connectivity index (χ0n) is 14.4. The van der Waals surface area contributed by atoms with Crippen LogP contribution in [-0.2, 0) is 11.3 Å². The first-order chi connectivity index (χ1) is 12.0. The highest BCUT2D eigenvalue weighted by molar-refractivity contribution is 7.21.